The monoisotopic (exact) mass is 343 g/mol. The molecule has 2 aromatic carbocycles. The number of amides is 1. The number of ether oxygens (including phenoxy) is 2. The second kappa shape index (κ2) is 6.68. The van der Waals surface area contributed by atoms with E-state index in [0.29, 0.717) is 17.2 Å². The standard InChI is InChI=1S/C17H17N3O5/c1-19(2)14-5-4-12(20(22)23)8-13(14)17(21)18-9-11-3-6-15-16(7-11)25-10-24-15/h3-8H,9-10H2,1-2H3,(H,18,21). The van der Waals surface area contributed by atoms with Gasteiger partial charge in [0.2, 0.25) is 6.79 Å². The third-order valence-corrected chi connectivity index (χ3v) is 3.81. The Morgan fingerprint density at radius 1 is 1.20 bits per heavy atom. The van der Waals surface area contributed by atoms with E-state index in [1.165, 1.54) is 12.1 Å². The van der Waals surface area contributed by atoms with Crippen LogP contribution in [0.1, 0.15) is 15.9 Å². The maximum absolute atomic E-state index is 12.5. The van der Waals surface area contributed by atoms with E-state index in [-0.39, 0.29) is 30.5 Å². The average molecular weight is 343 g/mol. The summed E-state index contributed by atoms with van der Waals surface area (Å²) in [7, 11) is 3.55. The molecule has 0 aliphatic carbocycles. The first-order chi connectivity index (χ1) is 12.0. The van der Waals surface area contributed by atoms with Gasteiger partial charge in [-0.05, 0) is 23.8 Å². The third kappa shape index (κ3) is 3.47. The van der Waals surface area contributed by atoms with Gasteiger partial charge in [0.05, 0.1) is 10.5 Å². The van der Waals surface area contributed by atoms with E-state index in [0.717, 1.165) is 5.56 Å². The maximum atomic E-state index is 12.5. The average Bonchev–Trinajstić information content (AvgIpc) is 3.06. The van der Waals surface area contributed by atoms with Gasteiger partial charge in [0, 0.05) is 38.5 Å². The van der Waals surface area contributed by atoms with Crippen LogP contribution in [0.2, 0.25) is 0 Å². The van der Waals surface area contributed by atoms with Crippen molar-refractivity contribution in [1.29, 1.82) is 0 Å². The Bertz CT molecular complexity index is 835. The molecule has 25 heavy (non-hydrogen) atoms. The molecule has 1 heterocycles. The second-order valence-corrected chi connectivity index (χ2v) is 5.72. The van der Waals surface area contributed by atoms with Crippen molar-refractivity contribution in [2.75, 3.05) is 25.8 Å². The van der Waals surface area contributed by atoms with Crippen LogP contribution in [0.25, 0.3) is 0 Å². The number of anilines is 1. The molecule has 0 radical (unpaired) electrons. The number of fused-ring (bicyclic) bond motifs is 1. The Morgan fingerprint density at radius 3 is 2.68 bits per heavy atom. The van der Waals surface area contributed by atoms with Gasteiger partial charge >= 0.3 is 0 Å². The number of rotatable bonds is 5. The van der Waals surface area contributed by atoms with E-state index in [1.807, 2.05) is 6.07 Å². The fourth-order valence-electron chi connectivity index (χ4n) is 2.54. The van der Waals surface area contributed by atoms with Crippen LogP contribution in [0.4, 0.5) is 11.4 Å². The van der Waals surface area contributed by atoms with Gasteiger partial charge in [-0.2, -0.15) is 0 Å². The Morgan fingerprint density at radius 2 is 1.96 bits per heavy atom. The molecule has 0 unspecified atom stereocenters. The number of carbonyl (C=O) groups excluding carboxylic acids is 1. The summed E-state index contributed by atoms with van der Waals surface area (Å²) in [6, 6.07) is 9.63. The van der Waals surface area contributed by atoms with Gasteiger partial charge in [0.25, 0.3) is 11.6 Å². The predicted molar refractivity (Wildman–Crippen MR) is 91.2 cm³/mol. The summed E-state index contributed by atoms with van der Waals surface area (Å²) in [5, 5.41) is 13.8. The zero-order valence-corrected chi connectivity index (χ0v) is 13.8. The van der Waals surface area contributed by atoms with E-state index in [4.69, 9.17) is 9.47 Å². The Kier molecular flexibility index (Phi) is 4.42. The van der Waals surface area contributed by atoms with Gasteiger partial charge in [-0.1, -0.05) is 6.07 Å². The minimum Gasteiger partial charge on any atom is -0.454 e. The highest BCUT2D eigenvalue weighted by atomic mass is 16.7. The van der Waals surface area contributed by atoms with Crippen molar-refractivity contribution in [3.8, 4) is 11.5 Å². The molecule has 0 fully saturated rings. The number of nitro benzene ring substituents is 1. The topological polar surface area (TPSA) is 93.9 Å². The van der Waals surface area contributed by atoms with Crippen molar-refractivity contribution in [3.05, 3.63) is 57.6 Å². The zero-order chi connectivity index (χ0) is 18.0. The molecule has 2 aromatic rings. The summed E-state index contributed by atoms with van der Waals surface area (Å²) in [4.78, 5) is 24.7. The van der Waals surface area contributed by atoms with Crippen LogP contribution in [-0.4, -0.2) is 31.7 Å². The van der Waals surface area contributed by atoms with Crippen molar-refractivity contribution in [3.63, 3.8) is 0 Å². The maximum Gasteiger partial charge on any atom is 0.270 e. The van der Waals surface area contributed by atoms with E-state index in [9.17, 15) is 14.9 Å². The zero-order valence-electron chi connectivity index (χ0n) is 13.8. The first-order valence-corrected chi connectivity index (χ1v) is 7.58. The van der Waals surface area contributed by atoms with E-state index >= 15 is 0 Å². The number of hydrogen-bond donors (Lipinski definition) is 1. The van der Waals surface area contributed by atoms with Gasteiger partial charge in [0.1, 0.15) is 0 Å². The number of hydrogen-bond acceptors (Lipinski definition) is 6. The molecule has 0 aromatic heterocycles. The fourth-order valence-corrected chi connectivity index (χ4v) is 2.54. The fraction of sp³-hybridized carbons (Fsp3) is 0.235. The number of carbonyl (C=O) groups is 1. The van der Waals surface area contributed by atoms with Crippen LogP contribution in [0.5, 0.6) is 11.5 Å². The quantitative estimate of drug-likeness (QED) is 0.661. The summed E-state index contributed by atoms with van der Waals surface area (Å²) in [6.07, 6.45) is 0. The summed E-state index contributed by atoms with van der Waals surface area (Å²) < 4.78 is 10.6. The summed E-state index contributed by atoms with van der Waals surface area (Å²) >= 11 is 0. The molecule has 8 nitrogen and oxygen atoms in total. The molecule has 0 saturated carbocycles. The summed E-state index contributed by atoms with van der Waals surface area (Å²) in [5.41, 5.74) is 1.57. The Labute approximate surface area is 144 Å². The molecular formula is C17H17N3O5. The normalized spacial score (nSPS) is 11.9. The van der Waals surface area contributed by atoms with Gasteiger partial charge < -0.3 is 19.7 Å². The van der Waals surface area contributed by atoms with E-state index in [2.05, 4.69) is 5.32 Å². The number of benzene rings is 2. The highest BCUT2D eigenvalue weighted by Crippen LogP contribution is 2.32. The number of nitrogens with one attached hydrogen (secondary N) is 1. The molecule has 130 valence electrons. The van der Waals surface area contributed by atoms with E-state index in [1.54, 1.807) is 37.2 Å². The molecule has 1 N–H and O–H groups in total. The Hall–Kier alpha value is -3.29. The van der Waals surface area contributed by atoms with Gasteiger partial charge in [-0.15, -0.1) is 0 Å². The molecule has 0 spiro atoms. The lowest BCUT2D eigenvalue weighted by Crippen LogP contribution is -2.25. The largest absolute Gasteiger partial charge is 0.454 e. The Balaban J connectivity index is 1.78. The number of non-ortho nitro benzene ring substituents is 1. The van der Waals surface area contributed by atoms with Crippen LogP contribution >= 0.6 is 0 Å². The highest BCUT2D eigenvalue weighted by molar-refractivity contribution is 6.00. The molecule has 1 aliphatic rings. The molecule has 0 saturated heterocycles. The molecule has 1 amide bonds. The van der Waals surface area contributed by atoms with Gasteiger partial charge in [0.15, 0.2) is 11.5 Å². The van der Waals surface area contributed by atoms with Gasteiger partial charge in [-0.25, -0.2) is 0 Å². The highest BCUT2D eigenvalue weighted by Gasteiger charge is 2.18. The van der Waals surface area contributed by atoms with Gasteiger partial charge in [-0.3, -0.25) is 14.9 Å². The van der Waals surface area contributed by atoms with Crippen LogP contribution in [-0.2, 0) is 6.54 Å². The number of nitrogens with zero attached hydrogens (tertiary/aromatic N) is 2. The molecule has 0 bridgehead atoms. The first-order valence-electron chi connectivity index (χ1n) is 7.58. The predicted octanol–water partition coefficient (Wildman–Crippen LogP) is 2.32. The van der Waals surface area contributed by atoms with Crippen molar-refractivity contribution in [1.82, 2.24) is 5.32 Å². The number of nitro groups is 1. The minimum absolute atomic E-state index is 0.126. The molecule has 0 atom stereocenters. The summed E-state index contributed by atoms with van der Waals surface area (Å²) in [6.45, 7) is 0.454. The SMILES string of the molecule is CN(C)c1ccc([N+](=O)[O-])cc1C(=O)NCc1ccc2c(c1)OCO2. The van der Waals surface area contributed by atoms with Crippen molar-refractivity contribution < 1.29 is 19.2 Å². The lowest BCUT2D eigenvalue weighted by atomic mass is 10.1. The van der Waals surface area contributed by atoms with Crippen molar-refractivity contribution >= 4 is 17.3 Å². The van der Waals surface area contributed by atoms with Crippen molar-refractivity contribution in [2.24, 2.45) is 0 Å². The molecule has 3 rings (SSSR count). The molecule has 1 aliphatic heterocycles. The lowest BCUT2D eigenvalue weighted by molar-refractivity contribution is -0.384. The first kappa shape index (κ1) is 16.6. The van der Waals surface area contributed by atoms with Crippen LogP contribution < -0.4 is 19.7 Å². The third-order valence-electron chi connectivity index (χ3n) is 3.81. The molecule has 8 heteroatoms. The van der Waals surface area contributed by atoms with E-state index < -0.39 is 4.92 Å². The second-order valence-electron chi connectivity index (χ2n) is 5.72. The summed E-state index contributed by atoms with van der Waals surface area (Å²) in [5.74, 6) is 0.921. The lowest BCUT2D eigenvalue weighted by Gasteiger charge is -2.17. The van der Waals surface area contributed by atoms with Crippen LogP contribution in [0.3, 0.4) is 0 Å². The minimum atomic E-state index is -0.520. The van der Waals surface area contributed by atoms with Crippen molar-refractivity contribution in [2.45, 2.75) is 6.54 Å². The van der Waals surface area contributed by atoms with Crippen LogP contribution in [0, 0.1) is 10.1 Å². The molecular weight excluding hydrogens is 326 g/mol. The van der Waals surface area contributed by atoms with Crippen LogP contribution in [0.15, 0.2) is 36.4 Å². The smallest absolute Gasteiger partial charge is 0.270 e.